The maximum atomic E-state index is 13.5. The lowest BCUT2D eigenvalue weighted by molar-refractivity contribution is 0.628. The van der Waals surface area contributed by atoms with Gasteiger partial charge in [0.05, 0.1) is 10.5 Å². The highest BCUT2D eigenvalue weighted by Gasteiger charge is 2.10. The molecule has 1 heterocycles. The molecule has 0 radical (unpaired) electrons. The van der Waals surface area contributed by atoms with Gasteiger partial charge in [0.1, 0.15) is 17.5 Å². The van der Waals surface area contributed by atoms with E-state index < -0.39 is 11.6 Å². The first kappa shape index (κ1) is 12.7. The van der Waals surface area contributed by atoms with Crippen LogP contribution in [0, 0.1) is 11.6 Å². The Labute approximate surface area is 118 Å². The lowest BCUT2D eigenvalue weighted by atomic mass is 10.1. The SMILES string of the molecule is Nc1nc(-c2ccc(Cl)c(F)c2)nc2cc(F)ccc12. The van der Waals surface area contributed by atoms with Crippen LogP contribution in [-0.2, 0) is 0 Å². The largest absolute Gasteiger partial charge is 0.383 e. The fourth-order valence-electron chi connectivity index (χ4n) is 1.89. The van der Waals surface area contributed by atoms with Crippen molar-refractivity contribution in [3.05, 3.63) is 53.1 Å². The highest BCUT2D eigenvalue weighted by Crippen LogP contribution is 2.26. The Balaban J connectivity index is 2.23. The molecule has 0 saturated heterocycles. The summed E-state index contributed by atoms with van der Waals surface area (Å²) in [5, 5.41) is 0.554. The Morgan fingerprint density at radius 1 is 1.00 bits per heavy atom. The molecule has 3 aromatic rings. The molecule has 0 atom stereocenters. The number of benzene rings is 2. The summed E-state index contributed by atoms with van der Waals surface area (Å²) in [6.45, 7) is 0. The van der Waals surface area contributed by atoms with Gasteiger partial charge in [-0.15, -0.1) is 0 Å². The lowest BCUT2D eigenvalue weighted by Gasteiger charge is -2.06. The van der Waals surface area contributed by atoms with E-state index in [9.17, 15) is 8.78 Å². The van der Waals surface area contributed by atoms with Crippen LogP contribution in [0.15, 0.2) is 36.4 Å². The van der Waals surface area contributed by atoms with Gasteiger partial charge in [-0.2, -0.15) is 0 Å². The summed E-state index contributed by atoms with van der Waals surface area (Å²) < 4.78 is 26.7. The Kier molecular flexibility index (Phi) is 2.99. The number of rotatable bonds is 1. The third-order valence-electron chi connectivity index (χ3n) is 2.87. The lowest BCUT2D eigenvalue weighted by Crippen LogP contribution is -1.98. The zero-order chi connectivity index (χ0) is 14.3. The Morgan fingerprint density at radius 3 is 2.55 bits per heavy atom. The minimum atomic E-state index is -0.578. The predicted molar refractivity (Wildman–Crippen MR) is 74.3 cm³/mol. The second-order valence-corrected chi connectivity index (χ2v) is 4.63. The number of fused-ring (bicyclic) bond motifs is 1. The molecule has 0 aliphatic rings. The van der Waals surface area contributed by atoms with E-state index in [1.165, 1.54) is 30.3 Å². The van der Waals surface area contributed by atoms with Crippen molar-refractivity contribution in [2.75, 3.05) is 5.73 Å². The van der Waals surface area contributed by atoms with Crippen molar-refractivity contribution < 1.29 is 8.78 Å². The molecule has 20 heavy (non-hydrogen) atoms. The van der Waals surface area contributed by atoms with Gasteiger partial charge in [0.25, 0.3) is 0 Å². The smallest absolute Gasteiger partial charge is 0.162 e. The Bertz CT molecular complexity index is 821. The summed E-state index contributed by atoms with van der Waals surface area (Å²) >= 11 is 5.63. The van der Waals surface area contributed by atoms with E-state index in [-0.39, 0.29) is 16.7 Å². The van der Waals surface area contributed by atoms with Crippen LogP contribution >= 0.6 is 11.6 Å². The number of anilines is 1. The molecule has 0 aliphatic carbocycles. The van der Waals surface area contributed by atoms with E-state index in [0.717, 1.165) is 0 Å². The molecule has 0 bridgehead atoms. The van der Waals surface area contributed by atoms with Crippen LogP contribution in [0.2, 0.25) is 5.02 Å². The molecule has 2 N–H and O–H groups in total. The summed E-state index contributed by atoms with van der Waals surface area (Å²) in [6, 6.07) is 8.23. The quantitative estimate of drug-likeness (QED) is 0.742. The van der Waals surface area contributed by atoms with Crippen LogP contribution in [0.3, 0.4) is 0 Å². The second-order valence-electron chi connectivity index (χ2n) is 4.22. The Hall–Kier alpha value is -2.27. The zero-order valence-electron chi connectivity index (χ0n) is 10.1. The first-order chi connectivity index (χ1) is 9.54. The molecule has 2 aromatic carbocycles. The number of aromatic nitrogens is 2. The molecular weight excluding hydrogens is 284 g/mol. The van der Waals surface area contributed by atoms with Gasteiger partial charge < -0.3 is 5.73 Å². The molecule has 100 valence electrons. The summed E-state index contributed by atoms with van der Waals surface area (Å²) in [7, 11) is 0. The standard InChI is InChI=1S/C14H8ClF2N3/c15-10-4-1-7(5-11(10)17)14-19-12-6-8(16)2-3-9(12)13(18)20-14/h1-6H,(H2,18,19,20). The first-order valence-corrected chi connectivity index (χ1v) is 6.10. The average Bonchev–Trinajstić information content (AvgIpc) is 2.41. The van der Waals surface area contributed by atoms with Crippen molar-refractivity contribution in [3.8, 4) is 11.4 Å². The van der Waals surface area contributed by atoms with Gasteiger partial charge >= 0.3 is 0 Å². The molecule has 3 rings (SSSR count). The third kappa shape index (κ3) is 2.16. The second kappa shape index (κ2) is 4.68. The van der Waals surface area contributed by atoms with Crippen LogP contribution in [0.25, 0.3) is 22.3 Å². The molecule has 0 unspecified atom stereocenters. The third-order valence-corrected chi connectivity index (χ3v) is 3.17. The van der Waals surface area contributed by atoms with Crippen LogP contribution in [0.4, 0.5) is 14.6 Å². The van der Waals surface area contributed by atoms with Crippen molar-refractivity contribution in [2.24, 2.45) is 0 Å². The van der Waals surface area contributed by atoms with Gasteiger partial charge in [0, 0.05) is 17.0 Å². The maximum Gasteiger partial charge on any atom is 0.162 e. The fourth-order valence-corrected chi connectivity index (χ4v) is 2.01. The molecular formula is C14H8ClF2N3. The van der Waals surface area contributed by atoms with E-state index in [1.54, 1.807) is 6.07 Å². The van der Waals surface area contributed by atoms with E-state index in [4.69, 9.17) is 17.3 Å². The van der Waals surface area contributed by atoms with E-state index in [1.807, 2.05) is 0 Å². The number of hydrogen-bond donors (Lipinski definition) is 1. The normalized spacial score (nSPS) is 10.9. The molecule has 0 aliphatic heterocycles. The van der Waals surface area contributed by atoms with Gasteiger partial charge in [-0.05, 0) is 30.3 Å². The van der Waals surface area contributed by atoms with Crippen LogP contribution < -0.4 is 5.73 Å². The number of halogens is 3. The zero-order valence-corrected chi connectivity index (χ0v) is 10.8. The van der Waals surface area contributed by atoms with Crippen molar-refractivity contribution in [1.29, 1.82) is 0 Å². The fraction of sp³-hybridized carbons (Fsp3) is 0. The monoisotopic (exact) mass is 291 g/mol. The molecule has 3 nitrogen and oxygen atoms in total. The van der Waals surface area contributed by atoms with Crippen LogP contribution in [0.5, 0.6) is 0 Å². The summed E-state index contributed by atoms with van der Waals surface area (Å²) in [5.41, 5.74) is 6.60. The van der Waals surface area contributed by atoms with Gasteiger partial charge in [0.2, 0.25) is 0 Å². The molecule has 0 saturated carbocycles. The first-order valence-electron chi connectivity index (χ1n) is 5.73. The average molecular weight is 292 g/mol. The molecule has 1 aromatic heterocycles. The van der Waals surface area contributed by atoms with Crippen LogP contribution in [-0.4, -0.2) is 9.97 Å². The van der Waals surface area contributed by atoms with Gasteiger partial charge in [-0.25, -0.2) is 18.7 Å². The summed E-state index contributed by atoms with van der Waals surface area (Å²) in [6.07, 6.45) is 0. The van der Waals surface area contributed by atoms with Crippen LogP contribution in [0.1, 0.15) is 0 Å². The van der Waals surface area contributed by atoms with E-state index >= 15 is 0 Å². The minimum Gasteiger partial charge on any atom is -0.383 e. The molecule has 0 fully saturated rings. The topological polar surface area (TPSA) is 51.8 Å². The van der Waals surface area contributed by atoms with Gasteiger partial charge in [0.15, 0.2) is 5.82 Å². The van der Waals surface area contributed by atoms with Crippen molar-refractivity contribution >= 4 is 28.3 Å². The number of nitrogens with zero attached hydrogens (tertiary/aromatic N) is 2. The summed E-state index contributed by atoms with van der Waals surface area (Å²) in [5.74, 6) is -0.578. The van der Waals surface area contributed by atoms with Crippen molar-refractivity contribution in [2.45, 2.75) is 0 Å². The van der Waals surface area contributed by atoms with Crippen molar-refractivity contribution in [1.82, 2.24) is 9.97 Å². The predicted octanol–water partition coefficient (Wildman–Crippen LogP) is 3.81. The van der Waals surface area contributed by atoms with Gasteiger partial charge in [-0.1, -0.05) is 11.6 Å². The molecule has 6 heteroatoms. The van der Waals surface area contributed by atoms with Gasteiger partial charge in [-0.3, -0.25) is 0 Å². The van der Waals surface area contributed by atoms with E-state index in [2.05, 4.69) is 9.97 Å². The minimum absolute atomic E-state index is 0.00792. The van der Waals surface area contributed by atoms with E-state index in [0.29, 0.717) is 16.5 Å². The Morgan fingerprint density at radius 2 is 1.80 bits per heavy atom. The van der Waals surface area contributed by atoms with Crippen molar-refractivity contribution in [3.63, 3.8) is 0 Å². The number of nitrogen functional groups attached to an aromatic ring is 1. The molecule has 0 spiro atoms. The summed E-state index contributed by atoms with van der Waals surface area (Å²) in [4.78, 5) is 8.30. The molecule has 0 amide bonds. The number of nitrogens with two attached hydrogens (primary N) is 1. The highest BCUT2D eigenvalue weighted by atomic mass is 35.5. The maximum absolute atomic E-state index is 13.5. The highest BCUT2D eigenvalue weighted by molar-refractivity contribution is 6.30. The number of hydrogen-bond acceptors (Lipinski definition) is 3.